The Morgan fingerprint density at radius 2 is 2.18 bits per heavy atom. The molecular weight excluding hydrogens is 382 g/mol. The Morgan fingerprint density at radius 1 is 1.32 bits per heavy atom. The monoisotopic (exact) mass is 395 g/mol. The fourth-order valence-electron chi connectivity index (χ4n) is 2.01. The standard InChI is InChI=1S/C15H14BrN3OS2/c1-19-14(13-4-3-7-21-13)17-18-15(19)22-9-10-5-6-12(20-2)11(16)8-10/h3-8H,9H2,1-2H3. The lowest BCUT2D eigenvalue weighted by Gasteiger charge is -2.06. The van der Waals surface area contributed by atoms with Crippen LogP contribution in [0.5, 0.6) is 5.75 Å². The number of thioether (sulfide) groups is 1. The highest BCUT2D eigenvalue weighted by atomic mass is 79.9. The lowest BCUT2D eigenvalue weighted by Crippen LogP contribution is -1.94. The van der Waals surface area contributed by atoms with Gasteiger partial charge in [0.05, 0.1) is 16.5 Å². The van der Waals surface area contributed by atoms with E-state index >= 15 is 0 Å². The molecule has 7 heteroatoms. The first-order chi connectivity index (χ1) is 10.7. The quantitative estimate of drug-likeness (QED) is 0.591. The van der Waals surface area contributed by atoms with Gasteiger partial charge in [0, 0.05) is 12.8 Å². The van der Waals surface area contributed by atoms with E-state index in [1.165, 1.54) is 5.56 Å². The van der Waals surface area contributed by atoms with E-state index in [9.17, 15) is 0 Å². The number of rotatable bonds is 5. The lowest BCUT2D eigenvalue weighted by molar-refractivity contribution is 0.412. The second-order valence-corrected chi connectivity index (χ2v) is 7.34. The summed E-state index contributed by atoms with van der Waals surface area (Å²) in [5.74, 6) is 2.58. The van der Waals surface area contributed by atoms with Crippen molar-refractivity contribution < 1.29 is 4.74 Å². The Morgan fingerprint density at radius 3 is 2.86 bits per heavy atom. The SMILES string of the molecule is COc1ccc(CSc2nnc(-c3cccs3)n2C)cc1Br. The molecule has 3 rings (SSSR count). The zero-order valence-electron chi connectivity index (χ0n) is 12.1. The van der Waals surface area contributed by atoms with Crippen molar-refractivity contribution in [3.8, 4) is 16.5 Å². The molecule has 0 spiro atoms. The van der Waals surface area contributed by atoms with Gasteiger partial charge in [-0.3, -0.25) is 0 Å². The number of hydrogen-bond acceptors (Lipinski definition) is 5. The summed E-state index contributed by atoms with van der Waals surface area (Å²) in [6, 6.07) is 10.2. The summed E-state index contributed by atoms with van der Waals surface area (Å²) in [5.41, 5.74) is 1.21. The van der Waals surface area contributed by atoms with E-state index < -0.39 is 0 Å². The number of nitrogens with zero attached hydrogens (tertiary/aromatic N) is 3. The maximum atomic E-state index is 5.25. The van der Waals surface area contributed by atoms with Crippen molar-refractivity contribution in [2.24, 2.45) is 7.05 Å². The molecule has 0 atom stereocenters. The number of ether oxygens (including phenoxy) is 1. The average Bonchev–Trinajstić information content (AvgIpc) is 3.15. The zero-order chi connectivity index (χ0) is 15.5. The van der Waals surface area contributed by atoms with Gasteiger partial charge in [-0.05, 0) is 45.1 Å². The summed E-state index contributed by atoms with van der Waals surface area (Å²) < 4.78 is 8.25. The first-order valence-electron chi connectivity index (χ1n) is 6.57. The Labute approximate surface area is 145 Å². The molecule has 0 unspecified atom stereocenters. The van der Waals surface area contributed by atoms with Gasteiger partial charge in [0.15, 0.2) is 11.0 Å². The number of methoxy groups -OCH3 is 1. The van der Waals surface area contributed by atoms with Crippen molar-refractivity contribution in [1.29, 1.82) is 0 Å². The third-order valence-electron chi connectivity index (χ3n) is 3.16. The van der Waals surface area contributed by atoms with Crippen LogP contribution in [-0.4, -0.2) is 21.9 Å². The van der Waals surface area contributed by atoms with Gasteiger partial charge in [0.1, 0.15) is 5.75 Å². The van der Waals surface area contributed by atoms with Crippen molar-refractivity contribution in [3.05, 3.63) is 45.7 Å². The van der Waals surface area contributed by atoms with Crippen molar-refractivity contribution in [1.82, 2.24) is 14.8 Å². The Hall–Kier alpha value is -1.31. The highest BCUT2D eigenvalue weighted by Crippen LogP contribution is 2.30. The second-order valence-electron chi connectivity index (χ2n) is 4.60. The molecule has 2 aromatic heterocycles. The molecule has 0 saturated carbocycles. The van der Waals surface area contributed by atoms with E-state index in [1.54, 1.807) is 30.2 Å². The third-order valence-corrected chi connectivity index (χ3v) is 5.74. The van der Waals surface area contributed by atoms with Crippen LogP contribution in [-0.2, 0) is 12.8 Å². The smallest absolute Gasteiger partial charge is 0.191 e. The molecule has 0 aliphatic carbocycles. The molecule has 3 aromatic rings. The van der Waals surface area contributed by atoms with Crippen LogP contribution in [0, 0.1) is 0 Å². The van der Waals surface area contributed by atoms with Gasteiger partial charge in [-0.1, -0.05) is 23.9 Å². The predicted octanol–water partition coefficient (Wildman–Crippen LogP) is 4.61. The van der Waals surface area contributed by atoms with E-state index in [2.05, 4.69) is 44.3 Å². The Kier molecular flexibility index (Phi) is 4.85. The highest BCUT2D eigenvalue weighted by Gasteiger charge is 2.12. The Balaban J connectivity index is 1.73. The molecule has 0 N–H and O–H groups in total. The van der Waals surface area contributed by atoms with Crippen LogP contribution >= 0.6 is 39.0 Å². The molecule has 1 aromatic carbocycles. The van der Waals surface area contributed by atoms with E-state index in [0.717, 1.165) is 31.8 Å². The maximum absolute atomic E-state index is 5.25. The lowest BCUT2D eigenvalue weighted by atomic mass is 10.2. The second kappa shape index (κ2) is 6.85. The largest absolute Gasteiger partial charge is 0.496 e. The van der Waals surface area contributed by atoms with Gasteiger partial charge in [-0.2, -0.15) is 0 Å². The molecule has 114 valence electrons. The van der Waals surface area contributed by atoms with Crippen LogP contribution in [0.15, 0.2) is 45.3 Å². The minimum absolute atomic E-state index is 0.832. The number of aromatic nitrogens is 3. The van der Waals surface area contributed by atoms with E-state index in [4.69, 9.17) is 4.74 Å². The molecule has 0 saturated heterocycles. The molecule has 0 radical (unpaired) electrons. The van der Waals surface area contributed by atoms with Gasteiger partial charge < -0.3 is 9.30 Å². The predicted molar refractivity (Wildman–Crippen MR) is 94.6 cm³/mol. The minimum Gasteiger partial charge on any atom is -0.496 e. The van der Waals surface area contributed by atoms with Crippen LogP contribution < -0.4 is 4.74 Å². The molecule has 0 fully saturated rings. The summed E-state index contributed by atoms with van der Waals surface area (Å²) in [5, 5.41) is 11.5. The zero-order valence-corrected chi connectivity index (χ0v) is 15.3. The van der Waals surface area contributed by atoms with Gasteiger partial charge in [0.2, 0.25) is 0 Å². The number of benzene rings is 1. The maximum Gasteiger partial charge on any atom is 0.191 e. The highest BCUT2D eigenvalue weighted by molar-refractivity contribution is 9.10. The molecule has 0 aliphatic rings. The van der Waals surface area contributed by atoms with E-state index in [-0.39, 0.29) is 0 Å². The van der Waals surface area contributed by atoms with Crippen LogP contribution in [0.25, 0.3) is 10.7 Å². The summed E-state index contributed by atoms with van der Waals surface area (Å²) in [7, 11) is 3.67. The van der Waals surface area contributed by atoms with Crippen LogP contribution in [0.3, 0.4) is 0 Å². The number of hydrogen-bond donors (Lipinski definition) is 0. The molecule has 0 amide bonds. The van der Waals surface area contributed by atoms with Gasteiger partial charge in [-0.25, -0.2) is 0 Å². The number of thiophene rings is 1. The minimum atomic E-state index is 0.832. The van der Waals surface area contributed by atoms with Crippen molar-refractivity contribution in [2.75, 3.05) is 7.11 Å². The number of halogens is 1. The fourth-order valence-corrected chi connectivity index (χ4v) is 4.19. The van der Waals surface area contributed by atoms with Gasteiger partial charge >= 0.3 is 0 Å². The Bertz CT molecular complexity index is 771. The summed E-state index contributed by atoms with van der Waals surface area (Å²) >= 11 is 6.86. The van der Waals surface area contributed by atoms with Crippen LogP contribution in [0.2, 0.25) is 0 Å². The summed E-state index contributed by atoms with van der Waals surface area (Å²) in [4.78, 5) is 1.13. The van der Waals surface area contributed by atoms with E-state index in [0.29, 0.717) is 0 Å². The third kappa shape index (κ3) is 3.21. The molecule has 22 heavy (non-hydrogen) atoms. The molecule has 0 bridgehead atoms. The van der Waals surface area contributed by atoms with E-state index in [1.807, 2.05) is 29.1 Å². The van der Waals surface area contributed by atoms with Crippen LogP contribution in [0.4, 0.5) is 0 Å². The topological polar surface area (TPSA) is 39.9 Å². The normalized spacial score (nSPS) is 10.9. The van der Waals surface area contributed by atoms with Crippen molar-refractivity contribution in [3.63, 3.8) is 0 Å². The first-order valence-corrected chi connectivity index (χ1v) is 9.23. The van der Waals surface area contributed by atoms with Gasteiger partial charge in [-0.15, -0.1) is 21.5 Å². The average molecular weight is 396 g/mol. The molecule has 2 heterocycles. The van der Waals surface area contributed by atoms with Crippen LogP contribution in [0.1, 0.15) is 5.56 Å². The van der Waals surface area contributed by atoms with Crippen molar-refractivity contribution >= 4 is 39.0 Å². The first kappa shape index (κ1) is 15.6. The van der Waals surface area contributed by atoms with Crippen molar-refractivity contribution in [2.45, 2.75) is 10.9 Å². The fraction of sp³-hybridized carbons (Fsp3) is 0.200. The summed E-state index contributed by atoms with van der Waals surface area (Å²) in [6.45, 7) is 0. The molecule has 4 nitrogen and oxygen atoms in total. The summed E-state index contributed by atoms with van der Waals surface area (Å²) in [6.07, 6.45) is 0. The van der Waals surface area contributed by atoms with Gasteiger partial charge in [0.25, 0.3) is 0 Å². The molecular formula is C15H14BrN3OS2. The molecule has 0 aliphatic heterocycles.